The molecule has 6 nitrogen and oxygen atoms in total. The Labute approximate surface area is 129 Å². The first kappa shape index (κ1) is 16.1. The van der Waals surface area contributed by atoms with Gasteiger partial charge in [-0.05, 0) is 37.5 Å². The zero-order valence-corrected chi connectivity index (χ0v) is 12.9. The fourth-order valence-corrected chi connectivity index (χ4v) is 2.53. The Morgan fingerprint density at radius 1 is 1.36 bits per heavy atom. The second-order valence-corrected chi connectivity index (χ2v) is 5.46. The van der Waals surface area contributed by atoms with Crippen LogP contribution < -0.4 is 9.47 Å². The Bertz CT molecular complexity index is 557. The van der Waals surface area contributed by atoms with Gasteiger partial charge in [-0.3, -0.25) is 9.59 Å². The molecule has 22 heavy (non-hydrogen) atoms. The van der Waals surface area contributed by atoms with Gasteiger partial charge in [0.15, 0.2) is 18.1 Å². The Morgan fingerprint density at radius 2 is 2.14 bits per heavy atom. The van der Waals surface area contributed by atoms with Gasteiger partial charge in [-0.15, -0.1) is 0 Å². The molecule has 1 aromatic carbocycles. The first-order chi connectivity index (χ1) is 10.5. The molecule has 1 N–H and O–H groups in total. The molecule has 1 fully saturated rings. The van der Waals surface area contributed by atoms with E-state index < -0.39 is 11.9 Å². The number of piperidine rings is 1. The minimum atomic E-state index is -0.848. The highest BCUT2D eigenvalue weighted by atomic mass is 16.5. The largest absolute Gasteiger partial charge is 0.493 e. The van der Waals surface area contributed by atoms with E-state index in [1.165, 1.54) is 0 Å². The molecule has 0 aliphatic carbocycles. The van der Waals surface area contributed by atoms with Crippen molar-refractivity contribution in [1.82, 2.24) is 4.90 Å². The first-order valence-electron chi connectivity index (χ1n) is 7.29. The Balaban J connectivity index is 1.94. The van der Waals surface area contributed by atoms with Gasteiger partial charge in [-0.25, -0.2) is 0 Å². The Morgan fingerprint density at radius 3 is 2.82 bits per heavy atom. The number of amides is 1. The van der Waals surface area contributed by atoms with E-state index in [-0.39, 0.29) is 19.1 Å². The highest BCUT2D eigenvalue weighted by Crippen LogP contribution is 2.27. The van der Waals surface area contributed by atoms with Crippen LogP contribution in [-0.4, -0.2) is 48.7 Å². The fourth-order valence-electron chi connectivity index (χ4n) is 2.53. The fraction of sp³-hybridized carbons (Fsp3) is 0.500. The van der Waals surface area contributed by atoms with E-state index >= 15 is 0 Å². The number of hydrogen-bond acceptors (Lipinski definition) is 4. The molecule has 1 heterocycles. The summed E-state index contributed by atoms with van der Waals surface area (Å²) in [5.74, 6) is -0.443. The predicted octanol–water partition coefficient (Wildman–Crippen LogP) is 1.71. The lowest BCUT2D eigenvalue weighted by molar-refractivity contribution is -0.146. The summed E-state index contributed by atoms with van der Waals surface area (Å²) >= 11 is 0. The van der Waals surface area contributed by atoms with Crippen molar-refractivity contribution in [3.8, 4) is 11.5 Å². The van der Waals surface area contributed by atoms with E-state index in [9.17, 15) is 9.59 Å². The SMILES string of the molecule is COc1cc(C)ccc1OCC(=O)N1CCCC(C(=O)O)C1. The summed E-state index contributed by atoms with van der Waals surface area (Å²) in [6.45, 7) is 2.66. The van der Waals surface area contributed by atoms with Crippen LogP contribution in [0.25, 0.3) is 0 Å². The summed E-state index contributed by atoms with van der Waals surface area (Å²) in [7, 11) is 1.55. The summed E-state index contributed by atoms with van der Waals surface area (Å²) in [6, 6.07) is 5.47. The molecule has 0 spiro atoms. The molecule has 1 aliphatic rings. The van der Waals surface area contributed by atoms with Crippen molar-refractivity contribution in [2.75, 3.05) is 26.8 Å². The molecule has 1 saturated heterocycles. The van der Waals surface area contributed by atoms with Crippen LogP contribution >= 0.6 is 0 Å². The molecular formula is C16H21NO5. The van der Waals surface area contributed by atoms with Gasteiger partial charge in [-0.2, -0.15) is 0 Å². The van der Waals surface area contributed by atoms with Gasteiger partial charge in [-0.1, -0.05) is 6.07 Å². The van der Waals surface area contributed by atoms with Crippen molar-refractivity contribution in [3.05, 3.63) is 23.8 Å². The maximum Gasteiger partial charge on any atom is 0.308 e. The lowest BCUT2D eigenvalue weighted by Gasteiger charge is -2.30. The van der Waals surface area contributed by atoms with E-state index in [0.717, 1.165) is 5.56 Å². The molecule has 1 atom stereocenters. The van der Waals surface area contributed by atoms with Crippen molar-refractivity contribution >= 4 is 11.9 Å². The second-order valence-electron chi connectivity index (χ2n) is 5.46. The van der Waals surface area contributed by atoms with Gasteiger partial charge >= 0.3 is 5.97 Å². The molecule has 2 rings (SSSR count). The molecule has 0 saturated carbocycles. The molecular weight excluding hydrogens is 286 g/mol. The molecule has 0 bridgehead atoms. The minimum absolute atomic E-state index is 0.119. The number of benzene rings is 1. The van der Waals surface area contributed by atoms with E-state index in [1.807, 2.05) is 19.1 Å². The van der Waals surface area contributed by atoms with Gasteiger partial charge in [0.2, 0.25) is 0 Å². The number of hydrogen-bond donors (Lipinski definition) is 1. The van der Waals surface area contributed by atoms with E-state index in [0.29, 0.717) is 30.9 Å². The van der Waals surface area contributed by atoms with Gasteiger partial charge in [0.25, 0.3) is 5.91 Å². The molecule has 1 aliphatic heterocycles. The van der Waals surface area contributed by atoms with Crippen molar-refractivity contribution in [2.24, 2.45) is 5.92 Å². The number of carbonyl (C=O) groups excluding carboxylic acids is 1. The number of carboxylic acids is 1. The van der Waals surface area contributed by atoms with Crippen molar-refractivity contribution < 1.29 is 24.2 Å². The number of likely N-dealkylation sites (tertiary alicyclic amines) is 1. The van der Waals surface area contributed by atoms with Crippen molar-refractivity contribution in [3.63, 3.8) is 0 Å². The van der Waals surface area contributed by atoms with Crippen LogP contribution in [0.15, 0.2) is 18.2 Å². The Kier molecular flexibility index (Phi) is 5.25. The zero-order chi connectivity index (χ0) is 16.1. The van der Waals surface area contributed by atoms with Crippen LogP contribution in [0.5, 0.6) is 11.5 Å². The van der Waals surface area contributed by atoms with Crippen LogP contribution in [0.4, 0.5) is 0 Å². The van der Waals surface area contributed by atoms with Crippen molar-refractivity contribution in [2.45, 2.75) is 19.8 Å². The van der Waals surface area contributed by atoms with Crippen LogP contribution in [0.1, 0.15) is 18.4 Å². The first-order valence-corrected chi connectivity index (χ1v) is 7.29. The van der Waals surface area contributed by atoms with Crippen LogP contribution in [0, 0.1) is 12.8 Å². The lowest BCUT2D eigenvalue weighted by atomic mass is 9.98. The second kappa shape index (κ2) is 7.15. The summed E-state index contributed by atoms with van der Waals surface area (Å²) in [5.41, 5.74) is 1.04. The quantitative estimate of drug-likeness (QED) is 0.896. The number of carboxylic acid groups (broad SMARTS) is 1. The molecule has 6 heteroatoms. The molecule has 1 aromatic rings. The topological polar surface area (TPSA) is 76.1 Å². The normalized spacial score (nSPS) is 17.9. The van der Waals surface area contributed by atoms with E-state index in [4.69, 9.17) is 14.6 Å². The third kappa shape index (κ3) is 3.90. The standard InChI is InChI=1S/C16H21NO5/c1-11-5-6-13(14(8-11)21-2)22-10-15(18)17-7-3-4-12(9-17)16(19)20/h5-6,8,12H,3-4,7,9-10H2,1-2H3,(H,19,20). The maximum absolute atomic E-state index is 12.2. The van der Waals surface area contributed by atoms with E-state index in [1.54, 1.807) is 18.1 Å². The van der Waals surface area contributed by atoms with Crippen LogP contribution in [0.2, 0.25) is 0 Å². The van der Waals surface area contributed by atoms with Crippen LogP contribution in [-0.2, 0) is 9.59 Å². The van der Waals surface area contributed by atoms with Gasteiger partial charge < -0.3 is 19.5 Å². The Hall–Kier alpha value is -2.24. The molecule has 1 unspecified atom stereocenters. The van der Waals surface area contributed by atoms with Gasteiger partial charge in [0.05, 0.1) is 13.0 Å². The zero-order valence-electron chi connectivity index (χ0n) is 12.9. The monoisotopic (exact) mass is 307 g/mol. The molecule has 0 radical (unpaired) electrons. The van der Waals surface area contributed by atoms with Gasteiger partial charge in [0.1, 0.15) is 0 Å². The van der Waals surface area contributed by atoms with E-state index in [2.05, 4.69) is 0 Å². The molecule has 1 amide bonds. The number of aliphatic carboxylic acids is 1. The summed E-state index contributed by atoms with van der Waals surface area (Å²) in [6.07, 6.45) is 1.32. The smallest absolute Gasteiger partial charge is 0.308 e. The highest BCUT2D eigenvalue weighted by molar-refractivity contribution is 5.79. The van der Waals surface area contributed by atoms with Gasteiger partial charge in [0, 0.05) is 13.1 Å². The maximum atomic E-state index is 12.2. The number of rotatable bonds is 5. The summed E-state index contributed by atoms with van der Waals surface area (Å²) in [4.78, 5) is 24.8. The number of aryl methyl sites for hydroxylation is 1. The predicted molar refractivity (Wildman–Crippen MR) is 80.2 cm³/mol. The van der Waals surface area contributed by atoms with Crippen molar-refractivity contribution in [1.29, 1.82) is 0 Å². The highest BCUT2D eigenvalue weighted by Gasteiger charge is 2.28. The average Bonchev–Trinajstić information content (AvgIpc) is 2.53. The number of nitrogens with zero attached hydrogens (tertiary/aromatic N) is 1. The average molecular weight is 307 g/mol. The number of methoxy groups -OCH3 is 1. The minimum Gasteiger partial charge on any atom is -0.493 e. The number of ether oxygens (including phenoxy) is 2. The third-order valence-electron chi connectivity index (χ3n) is 3.79. The van der Waals surface area contributed by atoms with Crippen LogP contribution in [0.3, 0.4) is 0 Å². The molecule has 120 valence electrons. The summed E-state index contributed by atoms with van der Waals surface area (Å²) in [5, 5.41) is 9.05. The third-order valence-corrected chi connectivity index (χ3v) is 3.79. The number of carbonyl (C=O) groups is 2. The lowest BCUT2D eigenvalue weighted by Crippen LogP contribution is -2.44. The summed E-state index contributed by atoms with van der Waals surface area (Å²) < 4.78 is 10.8. The molecule has 0 aromatic heterocycles.